The number of anilines is 6. The molecule has 10 rings (SSSR count). The molecule has 0 N–H and O–H groups in total. The average molecular weight is 959 g/mol. The van der Waals surface area contributed by atoms with Gasteiger partial charge in [-0.05, 0) is 190 Å². The maximum absolute atomic E-state index is 6.24. The van der Waals surface area contributed by atoms with Crippen LogP contribution in [0.25, 0.3) is 0 Å². The van der Waals surface area contributed by atoms with Crippen LogP contribution < -0.4 is 9.80 Å². The van der Waals surface area contributed by atoms with Crippen LogP contribution in [0.1, 0.15) is 110 Å². The minimum Gasteiger partial charge on any atom is -0.353 e. The van der Waals surface area contributed by atoms with Gasteiger partial charge in [-0.15, -0.1) is 0 Å². The van der Waals surface area contributed by atoms with E-state index in [0.717, 1.165) is 166 Å². The summed E-state index contributed by atoms with van der Waals surface area (Å²) in [6.45, 7) is 5.01. The van der Waals surface area contributed by atoms with E-state index in [2.05, 4.69) is 155 Å². The zero-order valence-electron chi connectivity index (χ0n) is 41.2. The molecule has 4 fully saturated rings. The van der Waals surface area contributed by atoms with Crippen LogP contribution in [0.15, 0.2) is 146 Å². The molecule has 71 heavy (non-hydrogen) atoms. The highest BCUT2D eigenvalue weighted by molar-refractivity contribution is 5.78. The molecule has 0 spiro atoms. The Morgan fingerprint density at radius 1 is 0.310 bits per heavy atom. The first kappa shape index (κ1) is 49.2. The topological polar surface area (TPSA) is 80.3 Å². The normalized spacial score (nSPS) is 20.6. The van der Waals surface area contributed by atoms with Crippen LogP contribution >= 0.6 is 0 Å². The maximum Gasteiger partial charge on any atom is 0.158 e. The average Bonchev–Trinajstić information content (AvgIpc) is 3.43. The van der Waals surface area contributed by atoms with Crippen LogP contribution in [0.3, 0.4) is 0 Å². The molecule has 0 radical (unpaired) electrons. The fourth-order valence-electron chi connectivity index (χ4n) is 9.92. The van der Waals surface area contributed by atoms with Crippen molar-refractivity contribution in [3.63, 3.8) is 0 Å². The van der Waals surface area contributed by atoms with Crippen LogP contribution in [-0.4, -0.2) is 51.6 Å². The Morgan fingerprint density at radius 2 is 0.592 bits per heavy atom. The second-order valence-corrected chi connectivity index (χ2v) is 19.3. The lowest BCUT2D eigenvalue weighted by Crippen LogP contribution is -2.22. The van der Waals surface area contributed by atoms with Crippen molar-refractivity contribution >= 4 is 34.1 Å². The number of benzene rings is 6. The van der Waals surface area contributed by atoms with Crippen molar-refractivity contribution in [3.05, 3.63) is 179 Å². The molecule has 372 valence electrons. The number of nitrogens with zero attached hydrogens (tertiary/aromatic N) is 2. The Morgan fingerprint density at radius 3 is 0.845 bits per heavy atom. The Hall–Kier alpha value is -5.40. The summed E-state index contributed by atoms with van der Waals surface area (Å²) < 4.78 is 48.5. The highest BCUT2D eigenvalue weighted by Crippen LogP contribution is 2.38. The van der Waals surface area contributed by atoms with E-state index in [1.54, 1.807) is 0 Å². The van der Waals surface area contributed by atoms with Gasteiger partial charge in [0.25, 0.3) is 0 Å². The van der Waals surface area contributed by atoms with Crippen molar-refractivity contribution in [2.24, 2.45) is 0 Å². The molecule has 10 heteroatoms. The highest BCUT2D eigenvalue weighted by atomic mass is 16.7. The van der Waals surface area contributed by atoms with Gasteiger partial charge >= 0.3 is 0 Å². The Bertz CT molecular complexity index is 2240. The molecular weight excluding hydrogens is 889 g/mol. The predicted molar refractivity (Wildman–Crippen MR) is 279 cm³/mol. The zero-order chi connectivity index (χ0) is 47.9. The fraction of sp³-hybridized carbons (Fsp3) is 0.410. The summed E-state index contributed by atoms with van der Waals surface area (Å²) in [7, 11) is 0. The van der Waals surface area contributed by atoms with Gasteiger partial charge in [0.2, 0.25) is 0 Å². The van der Waals surface area contributed by atoms with Crippen molar-refractivity contribution in [2.75, 3.05) is 36.2 Å². The van der Waals surface area contributed by atoms with Gasteiger partial charge in [-0.25, -0.2) is 0 Å². The monoisotopic (exact) mass is 959 g/mol. The molecule has 6 aromatic carbocycles. The van der Waals surface area contributed by atoms with E-state index < -0.39 is 0 Å². The van der Waals surface area contributed by atoms with Gasteiger partial charge < -0.3 is 47.7 Å². The van der Waals surface area contributed by atoms with Crippen LogP contribution in [-0.2, 0) is 70.7 Å². The number of rotatable bonds is 20. The predicted octanol–water partition coefficient (Wildman–Crippen LogP) is 14.4. The van der Waals surface area contributed by atoms with Gasteiger partial charge in [0.15, 0.2) is 25.2 Å². The first-order valence-electron chi connectivity index (χ1n) is 26.2. The van der Waals surface area contributed by atoms with E-state index in [0.29, 0.717) is 26.4 Å². The fourth-order valence-corrected chi connectivity index (χ4v) is 9.92. The SMILES string of the molecule is c1cc(COC2CCCCO2)cc(N(c2ccc(Cc3ccc(N(c4cccc(COC5CCCCO5)c4)c4cccc(COC5CCCCO5)c4)cc3)cc2)c2cccc(COC3CCCCO3)c2)c1. The molecule has 10 nitrogen and oxygen atoms in total. The highest BCUT2D eigenvalue weighted by Gasteiger charge is 2.21. The lowest BCUT2D eigenvalue weighted by atomic mass is 10.0. The molecule has 4 heterocycles. The standard InChI is InChI=1S/C61H70N2O8/c1-5-33-64-58(21-1)68-42-48-13-9-17-54(38-48)62(55-18-10-14-49(39-55)43-69-59-22-2-6-34-65-59)52-29-25-46(26-30-52)37-47-27-31-53(32-28-47)63(56-19-11-15-50(40-56)44-70-60-23-3-7-35-66-60)57-20-12-16-51(41-57)45-71-61-24-4-8-36-67-61/h9-20,25-32,38-41,58-61H,1-8,21-24,33-37,42-45H2. The Labute approximate surface area is 420 Å². The van der Waals surface area contributed by atoms with E-state index in [-0.39, 0.29) is 25.2 Å². The smallest absolute Gasteiger partial charge is 0.158 e. The molecule has 0 aliphatic carbocycles. The van der Waals surface area contributed by atoms with Crippen molar-refractivity contribution in [3.8, 4) is 0 Å². The van der Waals surface area contributed by atoms with E-state index in [1.807, 2.05) is 0 Å². The van der Waals surface area contributed by atoms with Gasteiger partial charge in [-0.1, -0.05) is 72.8 Å². The van der Waals surface area contributed by atoms with Crippen molar-refractivity contribution in [2.45, 2.75) is 135 Å². The summed E-state index contributed by atoms with van der Waals surface area (Å²) in [6, 6.07) is 52.6. The summed E-state index contributed by atoms with van der Waals surface area (Å²) in [5, 5.41) is 0. The first-order chi connectivity index (χ1) is 35.1. The molecule has 6 aromatic rings. The molecule has 4 aliphatic heterocycles. The summed E-state index contributed by atoms with van der Waals surface area (Å²) >= 11 is 0. The van der Waals surface area contributed by atoms with E-state index in [4.69, 9.17) is 37.9 Å². The molecule has 4 atom stereocenters. The second kappa shape index (κ2) is 25.3. The van der Waals surface area contributed by atoms with Crippen LogP contribution in [0.2, 0.25) is 0 Å². The van der Waals surface area contributed by atoms with E-state index >= 15 is 0 Å². The van der Waals surface area contributed by atoms with Gasteiger partial charge in [0.05, 0.1) is 26.4 Å². The van der Waals surface area contributed by atoms with E-state index in [1.165, 1.54) is 11.1 Å². The largest absolute Gasteiger partial charge is 0.353 e. The molecule has 0 amide bonds. The Balaban J connectivity index is 0.879. The molecule has 4 unspecified atom stereocenters. The summed E-state index contributed by atoms with van der Waals surface area (Å²) in [6.07, 6.45) is 12.9. The van der Waals surface area contributed by atoms with Gasteiger partial charge in [0.1, 0.15) is 0 Å². The van der Waals surface area contributed by atoms with Gasteiger partial charge in [-0.2, -0.15) is 0 Å². The van der Waals surface area contributed by atoms with Crippen LogP contribution in [0.4, 0.5) is 34.1 Å². The quantitative estimate of drug-likeness (QED) is 0.0738. The molecule has 0 bridgehead atoms. The molecule has 4 aliphatic rings. The second-order valence-electron chi connectivity index (χ2n) is 19.3. The van der Waals surface area contributed by atoms with Gasteiger partial charge in [0, 0.05) is 60.6 Å². The molecular formula is C61H70N2O8. The van der Waals surface area contributed by atoms with Crippen LogP contribution in [0.5, 0.6) is 0 Å². The Kier molecular flexibility index (Phi) is 17.5. The summed E-state index contributed by atoms with van der Waals surface area (Å²) in [4.78, 5) is 4.65. The third-order valence-electron chi connectivity index (χ3n) is 13.8. The molecule has 0 saturated carbocycles. The first-order valence-corrected chi connectivity index (χ1v) is 26.2. The molecule has 4 saturated heterocycles. The minimum atomic E-state index is -0.148. The third-order valence-corrected chi connectivity index (χ3v) is 13.8. The lowest BCUT2D eigenvalue weighted by Gasteiger charge is -2.28. The maximum atomic E-state index is 6.24. The summed E-state index contributed by atoms with van der Waals surface area (Å²) in [5.74, 6) is 0. The number of ether oxygens (including phenoxy) is 8. The third kappa shape index (κ3) is 14.0. The number of hydrogen-bond acceptors (Lipinski definition) is 10. The zero-order valence-corrected chi connectivity index (χ0v) is 41.2. The van der Waals surface area contributed by atoms with Gasteiger partial charge in [-0.3, -0.25) is 0 Å². The van der Waals surface area contributed by atoms with Crippen LogP contribution in [0, 0.1) is 0 Å². The van der Waals surface area contributed by atoms with Crippen molar-refractivity contribution in [1.82, 2.24) is 0 Å². The van der Waals surface area contributed by atoms with Crippen molar-refractivity contribution in [1.29, 1.82) is 0 Å². The number of hydrogen-bond donors (Lipinski definition) is 0. The molecule has 0 aromatic heterocycles. The minimum absolute atomic E-state index is 0.148. The van der Waals surface area contributed by atoms with E-state index in [9.17, 15) is 0 Å². The summed E-state index contributed by atoms with van der Waals surface area (Å²) in [5.41, 5.74) is 13.3. The lowest BCUT2D eigenvalue weighted by molar-refractivity contribution is -0.169. The van der Waals surface area contributed by atoms with Crippen molar-refractivity contribution < 1.29 is 37.9 Å².